The number of nitrogens with zero attached hydrogens (tertiary/aromatic N) is 2. The van der Waals surface area contributed by atoms with Crippen molar-refractivity contribution in [2.24, 2.45) is 0 Å². The van der Waals surface area contributed by atoms with Crippen LogP contribution in [0.15, 0.2) is 30.5 Å². The van der Waals surface area contributed by atoms with E-state index >= 15 is 0 Å². The van der Waals surface area contributed by atoms with E-state index in [-0.39, 0.29) is 11.9 Å². The number of hydrogen-bond acceptors (Lipinski definition) is 2. The first-order valence-electron chi connectivity index (χ1n) is 5.86. The molecule has 4 nitrogen and oxygen atoms in total. The lowest BCUT2D eigenvalue weighted by Gasteiger charge is -2.20. The molecule has 0 fully saturated rings. The van der Waals surface area contributed by atoms with E-state index in [2.05, 4.69) is 10.3 Å². The number of rotatable bonds is 1. The van der Waals surface area contributed by atoms with Gasteiger partial charge in [-0.2, -0.15) is 0 Å². The van der Waals surface area contributed by atoms with E-state index < -0.39 is 0 Å². The van der Waals surface area contributed by atoms with E-state index in [4.69, 9.17) is 7.85 Å². The Balaban J connectivity index is 2.03. The Labute approximate surface area is 106 Å². The number of carbonyl (C=O) groups is 1. The second-order valence-electron chi connectivity index (χ2n) is 4.52. The maximum Gasteiger partial charge on any atom is 0.240 e. The van der Waals surface area contributed by atoms with Gasteiger partial charge in [0.1, 0.15) is 20.2 Å². The minimum atomic E-state index is -0.0474. The van der Waals surface area contributed by atoms with Crippen LogP contribution < -0.4 is 10.8 Å². The van der Waals surface area contributed by atoms with Crippen molar-refractivity contribution in [3.63, 3.8) is 0 Å². The van der Waals surface area contributed by atoms with Crippen molar-refractivity contribution in [3.8, 4) is 11.3 Å². The van der Waals surface area contributed by atoms with Gasteiger partial charge in [0.15, 0.2) is 0 Å². The van der Waals surface area contributed by atoms with Gasteiger partial charge < -0.3 is 9.88 Å². The maximum atomic E-state index is 11.5. The normalized spacial score (nSPS) is 18.3. The number of carbonyl (C=O) groups excluding carboxylic acids is 1. The van der Waals surface area contributed by atoms with Crippen LogP contribution in [0, 0.1) is 0 Å². The van der Waals surface area contributed by atoms with Gasteiger partial charge in [0.05, 0.1) is 11.7 Å². The number of aromatic nitrogens is 2. The van der Waals surface area contributed by atoms with Crippen molar-refractivity contribution in [2.45, 2.75) is 19.5 Å². The molecule has 1 aliphatic rings. The fourth-order valence-corrected chi connectivity index (χ4v) is 2.20. The monoisotopic (exact) mass is 237 g/mol. The summed E-state index contributed by atoms with van der Waals surface area (Å²) in [5, 5.41) is 2.87. The zero-order chi connectivity index (χ0) is 12.7. The summed E-state index contributed by atoms with van der Waals surface area (Å²) in [5.74, 6) is 0.915. The molecule has 1 amide bonds. The summed E-state index contributed by atoms with van der Waals surface area (Å²) in [5.41, 5.74) is 2.60. The van der Waals surface area contributed by atoms with Crippen molar-refractivity contribution in [1.29, 1.82) is 0 Å². The molecule has 0 spiro atoms. The Morgan fingerprint density at radius 1 is 1.39 bits per heavy atom. The summed E-state index contributed by atoms with van der Waals surface area (Å²) < 4.78 is 1.90. The van der Waals surface area contributed by atoms with Gasteiger partial charge in [-0.1, -0.05) is 29.7 Å². The van der Waals surface area contributed by atoms with E-state index in [1.807, 2.05) is 42.0 Å². The maximum absolute atomic E-state index is 11.5. The highest BCUT2D eigenvalue weighted by Crippen LogP contribution is 2.23. The van der Waals surface area contributed by atoms with Crippen LogP contribution in [0.1, 0.15) is 18.8 Å². The lowest BCUT2D eigenvalue weighted by molar-refractivity contribution is -0.123. The number of imidazole rings is 1. The highest BCUT2D eigenvalue weighted by Gasteiger charge is 2.23. The third-order valence-corrected chi connectivity index (χ3v) is 3.09. The molecule has 0 aliphatic carbocycles. The smallest absolute Gasteiger partial charge is 0.240 e. The van der Waals surface area contributed by atoms with Crippen molar-refractivity contribution >= 4 is 19.2 Å². The zero-order valence-corrected chi connectivity index (χ0v) is 10.1. The minimum absolute atomic E-state index is 0.0243. The second-order valence-corrected chi connectivity index (χ2v) is 4.52. The van der Waals surface area contributed by atoms with Gasteiger partial charge >= 0.3 is 0 Å². The molecule has 2 aromatic rings. The number of hydrogen-bond donors (Lipinski definition) is 1. The molecular formula is C13H12BN3O. The van der Waals surface area contributed by atoms with E-state index in [1.54, 1.807) is 0 Å². The first kappa shape index (κ1) is 11.1. The molecule has 1 aliphatic heterocycles. The summed E-state index contributed by atoms with van der Waals surface area (Å²) >= 11 is 0. The van der Waals surface area contributed by atoms with Gasteiger partial charge in [0.25, 0.3) is 0 Å². The van der Waals surface area contributed by atoms with E-state index in [9.17, 15) is 4.79 Å². The van der Waals surface area contributed by atoms with Crippen LogP contribution in [0.25, 0.3) is 11.3 Å². The SMILES string of the molecule is [B]c1ccc(-c2cn3c(n2)C(C)NC(=O)C3)cc1. The van der Waals surface area contributed by atoms with E-state index in [0.717, 1.165) is 22.5 Å². The second kappa shape index (κ2) is 4.01. The highest BCUT2D eigenvalue weighted by molar-refractivity contribution is 6.32. The van der Waals surface area contributed by atoms with Gasteiger partial charge in [-0.25, -0.2) is 4.98 Å². The molecule has 1 aromatic carbocycles. The fraction of sp³-hybridized carbons (Fsp3) is 0.231. The topological polar surface area (TPSA) is 46.9 Å². The van der Waals surface area contributed by atoms with Crippen LogP contribution in [0.3, 0.4) is 0 Å². The summed E-state index contributed by atoms with van der Waals surface area (Å²) in [4.78, 5) is 16.0. The molecule has 0 saturated carbocycles. The van der Waals surface area contributed by atoms with Crippen molar-refractivity contribution in [3.05, 3.63) is 36.3 Å². The molecule has 2 radical (unpaired) electrons. The molecule has 1 N–H and O–H groups in total. The van der Waals surface area contributed by atoms with Crippen LogP contribution in [-0.4, -0.2) is 23.3 Å². The fourth-order valence-electron chi connectivity index (χ4n) is 2.20. The first-order chi connectivity index (χ1) is 8.63. The quantitative estimate of drug-likeness (QED) is 0.735. The van der Waals surface area contributed by atoms with Crippen LogP contribution in [0.5, 0.6) is 0 Å². The lowest BCUT2D eigenvalue weighted by Crippen LogP contribution is -2.37. The Kier molecular flexibility index (Phi) is 2.47. The Hall–Kier alpha value is -2.04. The molecule has 5 heteroatoms. The van der Waals surface area contributed by atoms with Crippen LogP contribution in [0.2, 0.25) is 0 Å². The summed E-state index contributed by atoms with van der Waals surface area (Å²) in [6, 6.07) is 7.52. The van der Waals surface area contributed by atoms with Crippen LogP contribution in [0.4, 0.5) is 0 Å². The molecule has 2 heterocycles. The summed E-state index contributed by atoms with van der Waals surface area (Å²) in [6.07, 6.45) is 1.91. The number of nitrogens with one attached hydrogen (secondary N) is 1. The van der Waals surface area contributed by atoms with Crippen LogP contribution >= 0.6 is 0 Å². The van der Waals surface area contributed by atoms with Gasteiger partial charge in [-0.05, 0) is 6.92 Å². The van der Waals surface area contributed by atoms with Gasteiger partial charge in [-0.3, -0.25) is 4.79 Å². The first-order valence-corrected chi connectivity index (χ1v) is 5.86. The predicted molar refractivity (Wildman–Crippen MR) is 69.6 cm³/mol. The molecule has 88 valence electrons. The Morgan fingerprint density at radius 3 is 2.83 bits per heavy atom. The van der Waals surface area contributed by atoms with E-state index in [1.165, 1.54) is 0 Å². The molecule has 0 saturated heterocycles. The summed E-state index contributed by atoms with van der Waals surface area (Å²) in [7, 11) is 5.66. The molecule has 18 heavy (non-hydrogen) atoms. The molecule has 1 aromatic heterocycles. The Morgan fingerprint density at radius 2 is 2.11 bits per heavy atom. The van der Waals surface area contributed by atoms with Crippen molar-refractivity contribution in [1.82, 2.24) is 14.9 Å². The van der Waals surface area contributed by atoms with E-state index in [0.29, 0.717) is 6.54 Å². The molecule has 1 atom stereocenters. The zero-order valence-electron chi connectivity index (χ0n) is 10.1. The molecular weight excluding hydrogens is 225 g/mol. The molecule has 1 unspecified atom stereocenters. The van der Waals surface area contributed by atoms with Gasteiger partial charge in [-0.15, -0.1) is 0 Å². The van der Waals surface area contributed by atoms with Crippen molar-refractivity contribution in [2.75, 3.05) is 0 Å². The predicted octanol–water partition coefficient (Wildman–Crippen LogP) is 0.535. The minimum Gasteiger partial charge on any atom is -0.345 e. The van der Waals surface area contributed by atoms with Crippen molar-refractivity contribution < 1.29 is 4.79 Å². The lowest BCUT2D eigenvalue weighted by atomic mass is 9.95. The highest BCUT2D eigenvalue weighted by atomic mass is 16.2. The van der Waals surface area contributed by atoms with Crippen LogP contribution in [-0.2, 0) is 11.3 Å². The molecule has 3 rings (SSSR count). The molecule has 0 bridgehead atoms. The average Bonchev–Trinajstić information content (AvgIpc) is 2.74. The Bertz CT molecular complexity index is 603. The average molecular weight is 237 g/mol. The standard InChI is InChI=1S/C13H12BN3O/c1-8-13-16-11(6-17(13)7-12(18)15-8)9-2-4-10(14)5-3-9/h2-6,8H,7H2,1H3,(H,15,18). The third kappa shape index (κ3) is 1.81. The largest absolute Gasteiger partial charge is 0.345 e. The third-order valence-electron chi connectivity index (χ3n) is 3.09. The number of benzene rings is 1. The summed E-state index contributed by atoms with van der Waals surface area (Å²) in [6.45, 7) is 2.27. The van der Waals surface area contributed by atoms with Gasteiger partial charge in [0, 0.05) is 11.8 Å². The number of amides is 1. The number of fused-ring (bicyclic) bond motifs is 1. The van der Waals surface area contributed by atoms with Gasteiger partial charge in [0.2, 0.25) is 5.91 Å².